The van der Waals surface area contributed by atoms with Crippen molar-refractivity contribution in [2.24, 2.45) is 4.99 Å². The first-order chi connectivity index (χ1) is 11.7. The molecule has 25 heavy (non-hydrogen) atoms. The average molecular weight is 471 g/mol. The van der Waals surface area contributed by atoms with Gasteiger partial charge in [0.05, 0.1) is 17.2 Å². The van der Waals surface area contributed by atoms with E-state index in [9.17, 15) is 0 Å². The number of aliphatic imine (C=N–C) groups is 1. The van der Waals surface area contributed by atoms with E-state index in [1.54, 1.807) is 11.3 Å². The van der Waals surface area contributed by atoms with Crippen LogP contribution in [-0.4, -0.2) is 32.1 Å². The van der Waals surface area contributed by atoms with Crippen molar-refractivity contribution in [3.05, 3.63) is 45.8 Å². The Kier molecular flexibility index (Phi) is 7.12. The third kappa shape index (κ3) is 4.88. The fourth-order valence-corrected chi connectivity index (χ4v) is 3.27. The van der Waals surface area contributed by atoms with Gasteiger partial charge in [0.15, 0.2) is 17.4 Å². The molecule has 3 rings (SSSR count). The van der Waals surface area contributed by atoms with Crippen molar-refractivity contribution in [3.8, 4) is 0 Å². The number of hydrogen-bond acceptors (Lipinski definition) is 5. The standard InChI is InChI=1S/C16H21N7S.HI/c1-4-17-16(18-9-13-11(2)20-12(3)24-13)19-10-15-22-21-14-7-5-6-8-23(14)15;/h5-8H,4,9-10H2,1-3H3,(H2,17,18,19);1H. The maximum absolute atomic E-state index is 4.61. The van der Waals surface area contributed by atoms with E-state index in [-0.39, 0.29) is 24.0 Å². The number of hydrogen-bond donors (Lipinski definition) is 2. The maximum atomic E-state index is 4.61. The first kappa shape index (κ1) is 19.6. The van der Waals surface area contributed by atoms with E-state index in [1.165, 1.54) is 4.88 Å². The number of guanidine groups is 1. The largest absolute Gasteiger partial charge is 0.357 e. The number of aryl methyl sites for hydroxylation is 2. The molecule has 0 fully saturated rings. The summed E-state index contributed by atoms with van der Waals surface area (Å²) in [7, 11) is 0. The lowest BCUT2D eigenvalue weighted by molar-refractivity contribution is 0.801. The third-order valence-electron chi connectivity index (χ3n) is 3.52. The van der Waals surface area contributed by atoms with Gasteiger partial charge >= 0.3 is 0 Å². The van der Waals surface area contributed by atoms with E-state index in [2.05, 4.69) is 30.8 Å². The molecule has 0 atom stereocenters. The van der Waals surface area contributed by atoms with Crippen molar-refractivity contribution in [2.75, 3.05) is 6.54 Å². The van der Waals surface area contributed by atoms with Gasteiger partial charge in [-0.1, -0.05) is 6.07 Å². The molecule has 0 bridgehead atoms. The van der Waals surface area contributed by atoms with Crippen molar-refractivity contribution in [3.63, 3.8) is 0 Å². The molecule has 0 saturated carbocycles. The molecule has 0 radical (unpaired) electrons. The molecule has 0 aliphatic rings. The Hall–Kier alpha value is -1.75. The first-order valence-electron chi connectivity index (χ1n) is 7.91. The molecular formula is C16H22IN7S. The summed E-state index contributed by atoms with van der Waals surface area (Å²) in [5.74, 6) is 1.57. The maximum Gasteiger partial charge on any atom is 0.191 e. The molecule has 0 aromatic carbocycles. The van der Waals surface area contributed by atoms with Crippen LogP contribution in [0.1, 0.15) is 28.3 Å². The van der Waals surface area contributed by atoms with Gasteiger partial charge in [-0.2, -0.15) is 0 Å². The van der Waals surface area contributed by atoms with Gasteiger partial charge in [0.25, 0.3) is 0 Å². The highest BCUT2D eigenvalue weighted by Gasteiger charge is 2.07. The zero-order valence-electron chi connectivity index (χ0n) is 14.5. The summed E-state index contributed by atoms with van der Waals surface area (Å²) in [6.07, 6.45) is 1.95. The number of pyridine rings is 1. The molecule has 3 heterocycles. The van der Waals surface area contributed by atoms with Crippen LogP contribution >= 0.6 is 35.3 Å². The first-order valence-corrected chi connectivity index (χ1v) is 8.72. The van der Waals surface area contributed by atoms with Gasteiger partial charge in [0, 0.05) is 17.6 Å². The topological polar surface area (TPSA) is 79.5 Å². The van der Waals surface area contributed by atoms with Crippen LogP contribution in [0.15, 0.2) is 29.4 Å². The van der Waals surface area contributed by atoms with E-state index in [1.807, 2.05) is 49.6 Å². The summed E-state index contributed by atoms with van der Waals surface area (Å²) in [6, 6.07) is 5.84. The van der Waals surface area contributed by atoms with Crippen LogP contribution in [0.25, 0.3) is 5.65 Å². The summed E-state index contributed by atoms with van der Waals surface area (Å²) >= 11 is 1.71. The number of fused-ring (bicyclic) bond motifs is 1. The lowest BCUT2D eigenvalue weighted by Gasteiger charge is -2.10. The highest BCUT2D eigenvalue weighted by molar-refractivity contribution is 14.0. The highest BCUT2D eigenvalue weighted by atomic mass is 127. The monoisotopic (exact) mass is 471 g/mol. The Morgan fingerprint density at radius 2 is 2.08 bits per heavy atom. The second-order valence-corrected chi connectivity index (χ2v) is 6.62. The van der Waals surface area contributed by atoms with Crippen LogP contribution in [-0.2, 0) is 13.1 Å². The molecule has 7 nitrogen and oxygen atoms in total. The Morgan fingerprint density at radius 3 is 2.80 bits per heavy atom. The molecule has 9 heteroatoms. The number of rotatable bonds is 5. The molecule has 3 aromatic heterocycles. The van der Waals surface area contributed by atoms with Crippen molar-refractivity contribution in [1.29, 1.82) is 0 Å². The van der Waals surface area contributed by atoms with Crippen LogP contribution < -0.4 is 10.6 Å². The Bertz CT molecular complexity index is 855. The average Bonchev–Trinajstić information content (AvgIpc) is 3.13. The number of aromatic nitrogens is 4. The Balaban J connectivity index is 0.00000225. The fourth-order valence-electron chi connectivity index (χ4n) is 2.39. The van der Waals surface area contributed by atoms with Crippen LogP contribution in [0.4, 0.5) is 0 Å². The zero-order valence-corrected chi connectivity index (χ0v) is 17.6. The lowest BCUT2D eigenvalue weighted by atomic mass is 10.4. The van der Waals surface area contributed by atoms with Crippen molar-refractivity contribution >= 4 is 46.9 Å². The van der Waals surface area contributed by atoms with Gasteiger partial charge in [0.1, 0.15) is 6.54 Å². The minimum atomic E-state index is 0. The normalized spacial score (nSPS) is 11.4. The predicted molar refractivity (Wildman–Crippen MR) is 112 cm³/mol. The molecule has 134 valence electrons. The van der Waals surface area contributed by atoms with Gasteiger partial charge < -0.3 is 10.6 Å². The minimum absolute atomic E-state index is 0. The van der Waals surface area contributed by atoms with Crippen LogP contribution in [0, 0.1) is 13.8 Å². The molecular weight excluding hydrogens is 449 g/mol. The molecule has 0 saturated heterocycles. The van der Waals surface area contributed by atoms with Crippen LogP contribution in [0.3, 0.4) is 0 Å². The quantitative estimate of drug-likeness (QED) is 0.340. The Labute approximate surface area is 168 Å². The van der Waals surface area contributed by atoms with Gasteiger partial charge in [-0.15, -0.1) is 45.5 Å². The van der Waals surface area contributed by atoms with Crippen molar-refractivity contribution in [2.45, 2.75) is 33.9 Å². The lowest BCUT2D eigenvalue weighted by Crippen LogP contribution is -2.36. The van der Waals surface area contributed by atoms with Gasteiger partial charge in [-0.3, -0.25) is 4.40 Å². The smallest absolute Gasteiger partial charge is 0.191 e. The summed E-state index contributed by atoms with van der Waals surface area (Å²) < 4.78 is 1.95. The summed E-state index contributed by atoms with van der Waals surface area (Å²) in [5.41, 5.74) is 1.90. The molecule has 0 unspecified atom stereocenters. The van der Waals surface area contributed by atoms with E-state index in [0.29, 0.717) is 13.1 Å². The summed E-state index contributed by atoms with van der Waals surface area (Å²) in [6.45, 7) is 8.08. The van der Waals surface area contributed by atoms with Gasteiger partial charge in [0.2, 0.25) is 0 Å². The third-order valence-corrected chi connectivity index (χ3v) is 4.60. The zero-order chi connectivity index (χ0) is 16.9. The SMILES string of the molecule is CCNC(=NCc1nnc2ccccn12)NCc1sc(C)nc1C.I. The number of halogens is 1. The second kappa shape index (κ2) is 9.09. The van der Waals surface area contributed by atoms with E-state index in [0.717, 1.165) is 34.7 Å². The molecule has 0 spiro atoms. The van der Waals surface area contributed by atoms with E-state index < -0.39 is 0 Å². The van der Waals surface area contributed by atoms with Crippen molar-refractivity contribution < 1.29 is 0 Å². The van der Waals surface area contributed by atoms with Gasteiger partial charge in [-0.25, -0.2) is 9.98 Å². The number of nitrogens with one attached hydrogen (secondary N) is 2. The molecule has 2 N–H and O–H groups in total. The predicted octanol–water partition coefficient (Wildman–Crippen LogP) is 2.68. The van der Waals surface area contributed by atoms with E-state index >= 15 is 0 Å². The van der Waals surface area contributed by atoms with Gasteiger partial charge in [-0.05, 0) is 32.9 Å². The van der Waals surface area contributed by atoms with Crippen molar-refractivity contribution in [1.82, 2.24) is 30.2 Å². The second-order valence-electron chi connectivity index (χ2n) is 5.34. The molecule has 0 amide bonds. The molecule has 0 aliphatic heterocycles. The summed E-state index contributed by atoms with van der Waals surface area (Å²) in [4.78, 5) is 10.3. The molecule has 3 aromatic rings. The van der Waals surface area contributed by atoms with Crippen LogP contribution in [0.5, 0.6) is 0 Å². The number of thiazole rings is 1. The Morgan fingerprint density at radius 1 is 1.24 bits per heavy atom. The summed E-state index contributed by atoms with van der Waals surface area (Å²) in [5, 5.41) is 16.0. The van der Waals surface area contributed by atoms with Crippen LogP contribution in [0.2, 0.25) is 0 Å². The number of nitrogens with zero attached hydrogens (tertiary/aromatic N) is 5. The fraction of sp³-hybridized carbons (Fsp3) is 0.375. The minimum Gasteiger partial charge on any atom is -0.357 e. The van der Waals surface area contributed by atoms with E-state index in [4.69, 9.17) is 0 Å². The highest BCUT2D eigenvalue weighted by Crippen LogP contribution is 2.16. The molecule has 0 aliphatic carbocycles.